The van der Waals surface area contributed by atoms with E-state index in [1.807, 2.05) is 0 Å². The van der Waals surface area contributed by atoms with Crippen molar-refractivity contribution >= 4 is 17.8 Å². The zero-order chi connectivity index (χ0) is 18.4. The van der Waals surface area contributed by atoms with Gasteiger partial charge in [-0.15, -0.1) is 0 Å². The van der Waals surface area contributed by atoms with E-state index in [0.717, 1.165) is 25.9 Å². The van der Waals surface area contributed by atoms with E-state index < -0.39 is 11.9 Å². The van der Waals surface area contributed by atoms with Crippen LogP contribution in [0.15, 0.2) is 18.2 Å². The monoisotopic (exact) mass is 349 g/mol. The fraction of sp³-hybridized carbons (Fsp3) is 0.500. The van der Waals surface area contributed by atoms with Gasteiger partial charge in [0, 0.05) is 13.1 Å². The summed E-state index contributed by atoms with van der Waals surface area (Å²) >= 11 is 0. The number of nitrogens with zero attached hydrogens (tertiary/aromatic N) is 1. The largest absolute Gasteiger partial charge is 0.484 e. The van der Waals surface area contributed by atoms with Gasteiger partial charge in [0.2, 0.25) is 0 Å². The molecule has 0 bridgehead atoms. The summed E-state index contributed by atoms with van der Waals surface area (Å²) in [5.41, 5.74) is 0.305. The van der Waals surface area contributed by atoms with Gasteiger partial charge in [0.1, 0.15) is 5.75 Å². The molecule has 1 amide bonds. The average molecular weight is 349 g/mol. The van der Waals surface area contributed by atoms with Crippen LogP contribution in [-0.2, 0) is 14.3 Å². The van der Waals surface area contributed by atoms with E-state index >= 15 is 0 Å². The molecule has 7 heteroatoms. The minimum Gasteiger partial charge on any atom is -0.484 e. The fourth-order valence-electron chi connectivity index (χ4n) is 2.65. The highest BCUT2D eigenvalue weighted by atomic mass is 16.5. The second-order valence-corrected chi connectivity index (χ2v) is 6.08. The highest BCUT2D eigenvalue weighted by Gasteiger charge is 2.21. The third kappa shape index (κ3) is 4.95. The number of carbonyl (C=O) groups is 3. The highest BCUT2D eigenvalue weighted by molar-refractivity contribution is 5.96. The van der Waals surface area contributed by atoms with Crippen molar-refractivity contribution in [2.75, 3.05) is 33.9 Å². The number of piperidine rings is 1. The molecule has 0 spiro atoms. The number of ether oxygens (including phenoxy) is 3. The molecule has 0 atom stereocenters. The number of amides is 1. The maximum atomic E-state index is 12.2. The van der Waals surface area contributed by atoms with E-state index in [4.69, 9.17) is 4.74 Å². The van der Waals surface area contributed by atoms with Crippen molar-refractivity contribution in [3.63, 3.8) is 0 Å². The van der Waals surface area contributed by atoms with E-state index in [9.17, 15) is 14.4 Å². The van der Waals surface area contributed by atoms with Gasteiger partial charge in [0.15, 0.2) is 6.61 Å². The minimum absolute atomic E-state index is 0.116. The molecule has 1 saturated heterocycles. The summed E-state index contributed by atoms with van der Waals surface area (Å²) in [6.07, 6.45) is 1.96. The molecular formula is C18H23NO6. The molecule has 0 aliphatic carbocycles. The number of methoxy groups -OCH3 is 2. The molecule has 25 heavy (non-hydrogen) atoms. The number of carbonyl (C=O) groups excluding carboxylic acids is 3. The van der Waals surface area contributed by atoms with Gasteiger partial charge in [-0.1, -0.05) is 6.92 Å². The summed E-state index contributed by atoms with van der Waals surface area (Å²) in [6, 6.07) is 4.23. The van der Waals surface area contributed by atoms with E-state index in [1.165, 1.54) is 32.4 Å². The Labute approximate surface area is 146 Å². The number of esters is 2. The SMILES string of the molecule is COC(=O)c1cc(OCC(=O)N2CCC(C)CC2)cc(C(=O)OC)c1. The van der Waals surface area contributed by atoms with Crippen LogP contribution in [0.4, 0.5) is 0 Å². The molecule has 0 unspecified atom stereocenters. The van der Waals surface area contributed by atoms with Crippen LogP contribution >= 0.6 is 0 Å². The van der Waals surface area contributed by atoms with Gasteiger partial charge in [-0.3, -0.25) is 4.79 Å². The third-order valence-electron chi connectivity index (χ3n) is 4.25. The Hall–Kier alpha value is -2.57. The topological polar surface area (TPSA) is 82.1 Å². The van der Waals surface area contributed by atoms with Crippen molar-refractivity contribution in [2.45, 2.75) is 19.8 Å². The Balaban J connectivity index is 2.08. The van der Waals surface area contributed by atoms with Crippen LogP contribution < -0.4 is 4.74 Å². The summed E-state index contributed by atoms with van der Waals surface area (Å²) in [7, 11) is 2.49. The van der Waals surface area contributed by atoms with Crippen molar-refractivity contribution in [3.8, 4) is 5.75 Å². The molecule has 7 nitrogen and oxygen atoms in total. The van der Waals surface area contributed by atoms with Gasteiger partial charge in [0.05, 0.1) is 25.3 Å². The van der Waals surface area contributed by atoms with Gasteiger partial charge < -0.3 is 19.1 Å². The molecule has 1 aromatic rings. The minimum atomic E-state index is -0.605. The number of likely N-dealkylation sites (tertiary alicyclic amines) is 1. The van der Waals surface area contributed by atoms with Crippen LogP contribution in [0.2, 0.25) is 0 Å². The van der Waals surface area contributed by atoms with Crippen LogP contribution in [-0.4, -0.2) is 56.7 Å². The van der Waals surface area contributed by atoms with E-state index in [2.05, 4.69) is 16.4 Å². The molecule has 0 N–H and O–H groups in total. The molecule has 0 radical (unpaired) electrons. The summed E-state index contributed by atoms with van der Waals surface area (Å²) < 4.78 is 14.8. The maximum absolute atomic E-state index is 12.2. The molecule has 0 saturated carbocycles. The summed E-state index contributed by atoms with van der Waals surface area (Å²) in [4.78, 5) is 37.5. The molecule has 2 rings (SSSR count). The molecule has 136 valence electrons. The van der Waals surface area contributed by atoms with E-state index in [0.29, 0.717) is 5.92 Å². The maximum Gasteiger partial charge on any atom is 0.338 e. The van der Waals surface area contributed by atoms with Gasteiger partial charge >= 0.3 is 11.9 Å². The van der Waals surface area contributed by atoms with Crippen LogP contribution in [0.25, 0.3) is 0 Å². The van der Waals surface area contributed by atoms with Crippen LogP contribution in [0.5, 0.6) is 5.75 Å². The van der Waals surface area contributed by atoms with Gasteiger partial charge in [-0.05, 0) is 37.0 Å². The average Bonchev–Trinajstić information content (AvgIpc) is 2.65. The van der Waals surface area contributed by atoms with E-state index in [1.54, 1.807) is 4.90 Å². The van der Waals surface area contributed by atoms with Crippen molar-refractivity contribution in [1.29, 1.82) is 0 Å². The van der Waals surface area contributed by atoms with E-state index in [-0.39, 0.29) is 29.4 Å². The number of hydrogen-bond acceptors (Lipinski definition) is 6. The van der Waals surface area contributed by atoms with Crippen LogP contribution in [0.1, 0.15) is 40.5 Å². The van der Waals surface area contributed by atoms with Gasteiger partial charge in [-0.2, -0.15) is 0 Å². The summed E-state index contributed by atoms with van der Waals surface area (Å²) in [5.74, 6) is -0.458. The van der Waals surface area contributed by atoms with Gasteiger partial charge in [-0.25, -0.2) is 9.59 Å². The summed E-state index contributed by atoms with van der Waals surface area (Å²) in [6.45, 7) is 3.46. The first-order valence-corrected chi connectivity index (χ1v) is 8.17. The van der Waals surface area contributed by atoms with Crippen molar-refractivity contribution < 1.29 is 28.6 Å². The molecule has 1 heterocycles. The predicted molar refractivity (Wildman–Crippen MR) is 89.6 cm³/mol. The quantitative estimate of drug-likeness (QED) is 0.755. The molecular weight excluding hydrogens is 326 g/mol. The predicted octanol–water partition coefficient (Wildman–Crippen LogP) is 1.90. The lowest BCUT2D eigenvalue weighted by atomic mass is 9.99. The fourth-order valence-corrected chi connectivity index (χ4v) is 2.65. The lowest BCUT2D eigenvalue weighted by Crippen LogP contribution is -2.40. The molecule has 1 fully saturated rings. The zero-order valence-electron chi connectivity index (χ0n) is 14.7. The van der Waals surface area contributed by atoms with Crippen molar-refractivity contribution in [3.05, 3.63) is 29.3 Å². The Morgan fingerprint density at radius 3 is 2.00 bits per heavy atom. The lowest BCUT2D eigenvalue weighted by Gasteiger charge is -2.30. The first-order chi connectivity index (χ1) is 11.9. The van der Waals surface area contributed by atoms with Crippen molar-refractivity contribution in [1.82, 2.24) is 4.90 Å². The van der Waals surface area contributed by atoms with Gasteiger partial charge in [0.25, 0.3) is 5.91 Å². The number of rotatable bonds is 5. The zero-order valence-corrected chi connectivity index (χ0v) is 14.7. The normalized spacial score (nSPS) is 14.8. The number of hydrogen-bond donors (Lipinski definition) is 0. The summed E-state index contributed by atoms with van der Waals surface area (Å²) in [5, 5.41) is 0. The van der Waals surface area contributed by atoms with Crippen molar-refractivity contribution in [2.24, 2.45) is 5.92 Å². The standard InChI is InChI=1S/C18H23NO6/c1-12-4-6-19(7-5-12)16(20)11-25-15-9-13(17(21)23-2)8-14(10-15)18(22)24-3/h8-10,12H,4-7,11H2,1-3H3. The Morgan fingerprint density at radius 2 is 1.52 bits per heavy atom. The first-order valence-electron chi connectivity index (χ1n) is 8.17. The molecule has 1 aliphatic heterocycles. The first kappa shape index (κ1) is 18.8. The molecule has 1 aromatic carbocycles. The Morgan fingerprint density at radius 1 is 1.00 bits per heavy atom. The Bertz CT molecular complexity index is 615. The smallest absolute Gasteiger partial charge is 0.338 e. The molecule has 0 aromatic heterocycles. The lowest BCUT2D eigenvalue weighted by molar-refractivity contribution is -0.134. The van der Waals surface area contributed by atoms with Crippen LogP contribution in [0.3, 0.4) is 0 Å². The number of benzene rings is 1. The second kappa shape index (κ2) is 8.50. The third-order valence-corrected chi connectivity index (χ3v) is 4.25. The highest BCUT2D eigenvalue weighted by Crippen LogP contribution is 2.20. The second-order valence-electron chi connectivity index (χ2n) is 6.08. The Kier molecular flexibility index (Phi) is 6.38. The molecule has 1 aliphatic rings. The van der Waals surface area contributed by atoms with Crippen LogP contribution in [0, 0.1) is 5.92 Å².